The zero-order chi connectivity index (χ0) is 53.5. The van der Waals surface area contributed by atoms with Gasteiger partial charge in [0.1, 0.15) is 0 Å². The molecule has 0 radical (unpaired) electrons. The summed E-state index contributed by atoms with van der Waals surface area (Å²) in [6, 6.07) is 49.8. The zero-order valence-electron chi connectivity index (χ0n) is 48.8. The SMILES string of the molecule is CCCCCCC1(CCCCCC)c2ccccc2-c2ccc(-c3ccc4c(c3)C(CCCCCCN)(CCCCCCN)c3cc(-c5ccc6c(c5)C(CCCCCC)(CCCCCC)c5ccccc5-6)ccc3-4)cc21. The monoisotopic (exact) mass is 1030 g/mol. The Morgan fingerprint density at radius 2 is 0.481 bits per heavy atom. The van der Waals surface area contributed by atoms with Gasteiger partial charge in [-0.1, -0.05) is 266 Å². The summed E-state index contributed by atoms with van der Waals surface area (Å²) < 4.78 is 0. The van der Waals surface area contributed by atoms with Crippen molar-refractivity contribution < 1.29 is 0 Å². The molecule has 0 unspecified atom stereocenters. The maximum absolute atomic E-state index is 6.12. The van der Waals surface area contributed by atoms with E-state index < -0.39 is 0 Å². The van der Waals surface area contributed by atoms with Crippen molar-refractivity contribution in [1.29, 1.82) is 0 Å². The lowest BCUT2D eigenvalue weighted by atomic mass is 9.69. The molecule has 6 aromatic rings. The van der Waals surface area contributed by atoms with Gasteiger partial charge in [-0.15, -0.1) is 0 Å². The van der Waals surface area contributed by atoms with Gasteiger partial charge in [0, 0.05) is 16.2 Å². The van der Waals surface area contributed by atoms with Crippen LogP contribution in [0.2, 0.25) is 0 Å². The largest absolute Gasteiger partial charge is 0.330 e. The van der Waals surface area contributed by atoms with Crippen molar-refractivity contribution in [3.05, 3.63) is 155 Å². The van der Waals surface area contributed by atoms with Gasteiger partial charge in [-0.05, 0) is 178 Å². The summed E-state index contributed by atoms with van der Waals surface area (Å²) in [5.41, 5.74) is 36.1. The fraction of sp³-hybridized carbons (Fsp3) is 0.520. The van der Waals surface area contributed by atoms with Gasteiger partial charge in [0.05, 0.1) is 0 Å². The van der Waals surface area contributed by atoms with Gasteiger partial charge in [-0.2, -0.15) is 0 Å². The Balaban J connectivity index is 1.15. The van der Waals surface area contributed by atoms with Gasteiger partial charge < -0.3 is 11.5 Å². The van der Waals surface area contributed by atoms with Gasteiger partial charge in [-0.25, -0.2) is 0 Å². The molecule has 0 aromatic heterocycles. The molecule has 3 aliphatic rings. The Labute approximate surface area is 469 Å². The number of benzene rings is 6. The summed E-state index contributed by atoms with van der Waals surface area (Å²) in [6.45, 7) is 11.0. The first-order chi connectivity index (χ1) is 37.9. The Kier molecular flexibility index (Phi) is 20.3. The van der Waals surface area contributed by atoms with E-state index in [1.165, 1.54) is 223 Å². The fourth-order valence-electron chi connectivity index (χ4n) is 15.4. The number of hydrogen-bond acceptors (Lipinski definition) is 2. The first kappa shape index (κ1) is 56.9. The molecule has 6 aromatic carbocycles. The van der Waals surface area contributed by atoms with Crippen molar-refractivity contribution in [3.8, 4) is 55.6 Å². The second-order valence-electron chi connectivity index (χ2n) is 24.5. The summed E-state index contributed by atoms with van der Waals surface area (Å²) >= 11 is 0. The van der Waals surface area contributed by atoms with Crippen molar-refractivity contribution in [3.63, 3.8) is 0 Å². The van der Waals surface area contributed by atoms with Gasteiger partial charge >= 0.3 is 0 Å². The smallest absolute Gasteiger partial charge is 0.0215 e. The van der Waals surface area contributed by atoms with E-state index in [4.69, 9.17) is 11.5 Å². The molecule has 4 N–H and O–H groups in total. The molecule has 0 aliphatic heterocycles. The van der Waals surface area contributed by atoms with E-state index in [1.54, 1.807) is 33.4 Å². The molecule has 0 bridgehead atoms. The molecule has 0 fully saturated rings. The number of fused-ring (bicyclic) bond motifs is 9. The molecule has 3 aliphatic carbocycles. The molecule has 77 heavy (non-hydrogen) atoms. The van der Waals surface area contributed by atoms with Crippen molar-refractivity contribution >= 4 is 0 Å². The van der Waals surface area contributed by atoms with Crippen LogP contribution in [0.5, 0.6) is 0 Å². The van der Waals surface area contributed by atoms with Crippen LogP contribution in [-0.2, 0) is 16.2 Å². The van der Waals surface area contributed by atoms with Crippen molar-refractivity contribution in [1.82, 2.24) is 0 Å². The molecule has 2 heteroatoms. The molecule has 0 saturated heterocycles. The highest BCUT2D eigenvalue weighted by Crippen LogP contribution is 2.59. The van der Waals surface area contributed by atoms with Crippen molar-refractivity contribution in [2.24, 2.45) is 11.5 Å². The molecule has 9 rings (SSSR count). The Hall–Kier alpha value is -4.76. The Bertz CT molecular complexity index is 2610. The summed E-state index contributed by atoms with van der Waals surface area (Å²) in [5, 5.41) is 0. The Morgan fingerprint density at radius 3 is 0.753 bits per heavy atom. The minimum atomic E-state index is -0.0767. The highest BCUT2D eigenvalue weighted by atomic mass is 14.5. The average molecular weight is 1030 g/mol. The van der Waals surface area contributed by atoms with E-state index >= 15 is 0 Å². The lowest BCUT2D eigenvalue weighted by Crippen LogP contribution is -2.26. The number of rotatable bonds is 34. The van der Waals surface area contributed by atoms with Crippen molar-refractivity contribution in [2.45, 2.75) is 237 Å². The molecule has 0 heterocycles. The van der Waals surface area contributed by atoms with Crippen LogP contribution >= 0.6 is 0 Å². The first-order valence-corrected chi connectivity index (χ1v) is 32.1. The van der Waals surface area contributed by atoms with Crippen LogP contribution in [-0.4, -0.2) is 13.1 Å². The summed E-state index contributed by atoms with van der Waals surface area (Å²) in [7, 11) is 0. The minimum absolute atomic E-state index is 0.0632. The molecule has 410 valence electrons. The maximum atomic E-state index is 6.12. The fourth-order valence-corrected chi connectivity index (χ4v) is 15.4. The van der Waals surface area contributed by atoms with Gasteiger partial charge in [-0.3, -0.25) is 0 Å². The molecule has 0 atom stereocenters. The van der Waals surface area contributed by atoms with Gasteiger partial charge in [0.15, 0.2) is 0 Å². The van der Waals surface area contributed by atoms with Crippen LogP contribution < -0.4 is 11.5 Å². The van der Waals surface area contributed by atoms with E-state index in [0.29, 0.717) is 0 Å². The van der Waals surface area contributed by atoms with Crippen LogP contribution in [0.15, 0.2) is 121 Å². The highest BCUT2D eigenvalue weighted by Gasteiger charge is 2.46. The van der Waals surface area contributed by atoms with Crippen LogP contribution in [0.3, 0.4) is 0 Å². The van der Waals surface area contributed by atoms with Crippen LogP contribution in [0.1, 0.15) is 254 Å². The van der Waals surface area contributed by atoms with Crippen LogP contribution in [0.25, 0.3) is 55.6 Å². The predicted octanol–water partition coefficient (Wildman–Crippen LogP) is 21.5. The average Bonchev–Trinajstić information content (AvgIpc) is 4.26. The lowest BCUT2D eigenvalue weighted by molar-refractivity contribution is 0.400. The quantitative estimate of drug-likeness (QED) is 0.0396. The van der Waals surface area contributed by atoms with E-state index in [2.05, 4.69) is 149 Å². The summed E-state index contributed by atoms with van der Waals surface area (Å²) in [4.78, 5) is 0. The van der Waals surface area contributed by atoms with E-state index in [1.807, 2.05) is 0 Å². The first-order valence-electron chi connectivity index (χ1n) is 32.1. The highest BCUT2D eigenvalue weighted by molar-refractivity contribution is 5.89. The third-order valence-electron chi connectivity index (χ3n) is 19.5. The summed E-state index contributed by atoms with van der Waals surface area (Å²) in [5.74, 6) is 0. The van der Waals surface area contributed by atoms with Gasteiger partial charge in [0.25, 0.3) is 0 Å². The second kappa shape index (κ2) is 27.4. The van der Waals surface area contributed by atoms with E-state index in [0.717, 1.165) is 38.8 Å². The third-order valence-corrected chi connectivity index (χ3v) is 19.5. The molecular formula is C75H100N2. The second-order valence-corrected chi connectivity index (χ2v) is 24.5. The Morgan fingerprint density at radius 1 is 0.247 bits per heavy atom. The summed E-state index contributed by atoms with van der Waals surface area (Å²) in [6.07, 6.45) is 37.6. The van der Waals surface area contributed by atoms with Crippen molar-refractivity contribution in [2.75, 3.05) is 13.1 Å². The molecule has 0 saturated carbocycles. The van der Waals surface area contributed by atoms with Crippen LogP contribution in [0.4, 0.5) is 0 Å². The molecule has 2 nitrogen and oxygen atoms in total. The number of unbranched alkanes of at least 4 members (excludes halogenated alkanes) is 18. The van der Waals surface area contributed by atoms with Gasteiger partial charge in [0.2, 0.25) is 0 Å². The normalized spacial score (nSPS) is 14.8. The topological polar surface area (TPSA) is 52.0 Å². The van der Waals surface area contributed by atoms with E-state index in [9.17, 15) is 0 Å². The van der Waals surface area contributed by atoms with Crippen LogP contribution in [0, 0.1) is 0 Å². The molecule has 0 amide bonds. The standard InChI is InChI=1S/C75H100N2/c1-5-9-13-25-45-73(46-26-14-10-6-2)67-35-23-21-33-61(67)63-41-37-57(53-69(63)73)59-39-43-65-66-44-40-60(56-72(66)75(71(65)55-59,49-29-17-19-31-51-76)50-30-18-20-32-52-77)58-38-42-64-62-34-22-24-36-68(62)74(70(64)54-58,47-27-15-11-7-3)48-28-16-12-8-4/h21-24,33-44,53-56H,5-20,25-32,45-52,76-77H2,1-4H3. The number of hydrogen-bond donors (Lipinski definition) is 2. The maximum Gasteiger partial charge on any atom is 0.0215 e. The zero-order valence-corrected chi connectivity index (χ0v) is 48.8. The number of nitrogens with two attached hydrogens (primary N) is 2. The third kappa shape index (κ3) is 11.9. The molecule has 0 spiro atoms. The lowest BCUT2D eigenvalue weighted by Gasteiger charge is -2.34. The minimum Gasteiger partial charge on any atom is -0.330 e. The van der Waals surface area contributed by atoms with E-state index in [-0.39, 0.29) is 16.2 Å². The predicted molar refractivity (Wildman–Crippen MR) is 335 cm³/mol. The molecular weight excluding hydrogens is 929 g/mol.